The Kier molecular flexibility index (Phi) is 4.44. The maximum Gasteiger partial charge on any atom is 0.238 e. The van der Waals surface area contributed by atoms with Crippen LogP contribution in [0.15, 0.2) is 36.0 Å². The highest BCUT2D eigenvalue weighted by Crippen LogP contribution is 2.08. The van der Waals surface area contributed by atoms with Gasteiger partial charge in [0.2, 0.25) is 5.91 Å². The van der Waals surface area contributed by atoms with E-state index in [2.05, 4.69) is 15.6 Å². The second kappa shape index (κ2) is 6.28. The molecule has 4 nitrogen and oxygen atoms in total. The van der Waals surface area contributed by atoms with Crippen molar-refractivity contribution in [1.29, 1.82) is 0 Å². The normalized spacial score (nSPS) is 10.3. The van der Waals surface area contributed by atoms with E-state index < -0.39 is 0 Å². The Morgan fingerprint density at radius 1 is 1.33 bits per heavy atom. The van der Waals surface area contributed by atoms with Gasteiger partial charge in [0.25, 0.3) is 0 Å². The number of carbonyl (C=O) groups is 1. The second-order valence-electron chi connectivity index (χ2n) is 3.99. The fourth-order valence-corrected chi connectivity index (χ4v) is 2.03. The zero-order valence-corrected chi connectivity index (χ0v) is 11.0. The number of thiazole rings is 1. The van der Waals surface area contributed by atoms with Crippen LogP contribution < -0.4 is 10.6 Å². The van der Waals surface area contributed by atoms with E-state index in [4.69, 9.17) is 0 Å². The molecule has 0 aliphatic heterocycles. The molecule has 0 atom stereocenters. The number of nitrogens with zero attached hydrogens (tertiary/aromatic N) is 1. The van der Waals surface area contributed by atoms with Gasteiger partial charge in [0, 0.05) is 23.3 Å². The predicted molar refractivity (Wildman–Crippen MR) is 73.6 cm³/mol. The lowest BCUT2D eigenvalue weighted by molar-refractivity contribution is -0.115. The molecule has 0 fully saturated rings. The van der Waals surface area contributed by atoms with Crippen molar-refractivity contribution in [3.05, 3.63) is 46.4 Å². The lowest BCUT2D eigenvalue weighted by Crippen LogP contribution is -2.27. The van der Waals surface area contributed by atoms with Crippen molar-refractivity contribution in [3.63, 3.8) is 0 Å². The third-order valence-corrected chi connectivity index (χ3v) is 3.18. The minimum absolute atomic E-state index is 0.0385. The minimum Gasteiger partial charge on any atom is -0.325 e. The highest BCUT2D eigenvalue weighted by atomic mass is 32.1. The van der Waals surface area contributed by atoms with Gasteiger partial charge in [-0.1, -0.05) is 17.7 Å². The van der Waals surface area contributed by atoms with Crippen LogP contribution in [0, 0.1) is 6.92 Å². The van der Waals surface area contributed by atoms with Crippen LogP contribution >= 0.6 is 11.3 Å². The molecule has 1 heterocycles. The maximum absolute atomic E-state index is 11.6. The third kappa shape index (κ3) is 3.94. The summed E-state index contributed by atoms with van der Waals surface area (Å²) in [4.78, 5) is 16.7. The number of rotatable bonds is 5. The van der Waals surface area contributed by atoms with Crippen LogP contribution in [0.3, 0.4) is 0 Å². The average Bonchev–Trinajstić information content (AvgIpc) is 2.85. The Morgan fingerprint density at radius 3 is 2.78 bits per heavy atom. The second-order valence-corrected chi connectivity index (χ2v) is 4.96. The van der Waals surface area contributed by atoms with Crippen molar-refractivity contribution < 1.29 is 4.79 Å². The molecular weight excluding hydrogens is 246 g/mol. The zero-order chi connectivity index (χ0) is 12.8. The van der Waals surface area contributed by atoms with E-state index >= 15 is 0 Å². The topological polar surface area (TPSA) is 54.0 Å². The predicted octanol–water partition coefficient (Wildman–Crippen LogP) is 2.18. The highest BCUT2D eigenvalue weighted by Gasteiger charge is 2.02. The monoisotopic (exact) mass is 261 g/mol. The summed E-state index contributed by atoms with van der Waals surface area (Å²) in [7, 11) is 0. The number of anilines is 1. The Balaban J connectivity index is 1.73. The Labute approximate surface area is 110 Å². The summed E-state index contributed by atoms with van der Waals surface area (Å²) >= 11 is 1.57. The molecule has 1 aromatic heterocycles. The van der Waals surface area contributed by atoms with Gasteiger partial charge in [0.05, 0.1) is 12.1 Å². The van der Waals surface area contributed by atoms with Crippen LogP contribution in [0.2, 0.25) is 0 Å². The first-order chi connectivity index (χ1) is 8.74. The molecule has 0 bridgehead atoms. The first kappa shape index (κ1) is 12.7. The van der Waals surface area contributed by atoms with Gasteiger partial charge in [-0.3, -0.25) is 9.78 Å². The van der Waals surface area contributed by atoms with Gasteiger partial charge in [0.1, 0.15) is 0 Å². The quantitative estimate of drug-likeness (QED) is 0.867. The van der Waals surface area contributed by atoms with Gasteiger partial charge >= 0.3 is 0 Å². The molecule has 2 rings (SSSR count). The van der Waals surface area contributed by atoms with Crippen LogP contribution in [0.1, 0.15) is 10.4 Å². The van der Waals surface area contributed by atoms with Crippen LogP contribution in [-0.2, 0) is 11.3 Å². The summed E-state index contributed by atoms with van der Waals surface area (Å²) in [6.45, 7) is 2.99. The maximum atomic E-state index is 11.6. The molecule has 1 amide bonds. The Hall–Kier alpha value is -1.72. The highest BCUT2D eigenvalue weighted by molar-refractivity contribution is 7.09. The SMILES string of the molecule is Cc1ccc(NC(=O)CNCc2cncs2)cc1. The zero-order valence-electron chi connectivity index (χ0n) is 10.1. The summed E-state index contributed by atoms with van der Waals surface area (Å²) in [5, 5.41) is 5.91. The third-order valence-electron chi connectivity index (χ3n) is 2.40. The molecule has 0 aliphatic rings. The van der Waals surface area contributed by atoms with Crippen LogP contribution in [0.4, 0.5) is 5.69 Å². The smallest absolute Gasteiger partial charge is 0.238 e. The van der Waals surface area contributed by atoms with E-state index in [9.17, 15) is 4.79 Å². The molecule has 0 aliphatic carbocycles. The molecule has 2 N–H and O–H groups in total. The van der Waals surface area contributed by atoms with Crippen LogP contribution in [0.5, 0.6) is 0 Å². The van der Waals surface area contributed by atoms with Crippen molar-refractivity contribution >= 4 is 22.9 Å². The lowest BCUT2D eigenvalue weighted by Gasteiger charge is -2.06. The largest absolute Gasteiger partial charge is 0.325 e. The molecule has 2 aromatic rings. The number of aryl methyl sites for hydroxylation is 1. The number of hydrogen-bond acceptors (Lipinski definition) is 4. The minimum atomic E-state index is -0.0385. The molecule has 18 heavy (non-hydrogen) atoms. The number of amides is 1. The first-order valence-electron chi connectivity index (χ1n) is 5.68. The Morgan fingerprint density at radius 2 is 2.11 bits per heavy atom. The molecule has 0 radical (unpaired) electrons. The molecule has 5 heteroatoms. The summed E-state index contributed by atoms with van der Waals surface area (Å²) in [5.41, 5.74) is 3.78. The molecular formula is C13H15N3OS. The number of nitrogens with one attached hydrogen (secondary N) is 2. The molecule has 0 saturated carbocycles. The fourth-order valence-electron chi connectivity index (χ4n) is 1.47. The fraction of sp³-hybridized carbons (Fsp3) is 0.231. The number of aromatic nitrogens is 1. The molecule has 1 aromatic carbocycles. The van der Waals surface area contributed by atoms with E-state index in [0.717, 1.165) is 10.6 Å². The first-order valence-corrected chi connectivity index (χ1v) is 6.56. The summed E-state index contributed by atoms with van der Waals surface area (Å²) < 4.78 is 0. The number of hydrogen-bond donors (Lipinski definition) is 2. The van der Waals surface area contributed by atoms with Crippen molar-refractivity contribution in [2.24, 2.45) is 0 Å². The summed E-state index contributed by atoms with van der Waals surface area (Å²) in [6.07, 6.45) is 1.80. The summed E-state index contributed by atoms with van der Waals surface area (Å²) in [6, 6.07) is 7.74. The summed E-state index contributed by atoms with van der Waals surface area (Å²) in [5.74, 6) is -0.0385. The van der Waals surface area contributed by atoms with Gasteiger partial charge in [-0.15, -0.1) is 11.3 Å². The van der Waals surface area contributed by atoms with Crippen LogP contribution in [0.25, 0.3) is 0 Å². The molecule has 94 valence electrons. The van der Waals surface area contributed by atoms with Gasteiger partial charge in [-0.25, -0.2) is 0 Å². The lowest BCUT2D eigenvalue weighted by atomic mass is 10.2. The van der Waals surface area contributed by atoms with Gasteiger partial charge in [-0.2, -0.15) is 0 Å². The molecule has 0 spiro atoms. The molecule has 0 saturated heterocycles. The van der Waals surface area contributed by atoms with Crippen molar-refractivity contribution in [2.45, 2.75) is 13.5 Å². The van der Waals surface area contributed by atoms with Gasteiger partial charge < -0.3 is 10.6 Å². The van der Waals surface area contributed by atoms with Crippen LogP contribution in [-0.4, -0.2) is 17.4 Å². The standard InChI is InChI=1S/C13H15N3OS/c1-10-2-4-11(5-3-10)16-13(17)8-14-6-12-7-15-9-18-12/h2-5,7,9,14H,6,8H2,1H3,(H,16,17). The average molecular weight is 261 g/mol. The van der Waals surface area contributed by atoms with Gasteiger partial charge in [-0.05, 0) is 19.1 Å². The van der Waals surface area contributed by atoms with Crippen molar-refractivity contribution in [3.8, 4) is 0 Å². The van der Waals surface area contributed by atoms with E-state index in [-0.39, 0.29) is 5.91 Å². The van der Waals surface area contributed by atoms with E-state index in [1.54, 1.807) is 23.0 Å². The number of carbonyl (C=O) groups excluding carboxylic acids is 1. The Bertz CT molecular complexity index is 493. The number of benzene rings is 1. The van der Waals surface area contributed by atoms with E-state index in [1.807, 2.05) is 31.2 Å². The molecule has 0 unspecified atom stereocenters. The van der Waals surface area contributed by atoms with Crippen molar-refractivity contribution in [2.75, 3.05) is 11.9 Å². The van der Waals surface area contributed by atoms with Gasteiger partial charge in [0.15, 0.2) is 0 Å². The van der Waals surface area contributed by atoms with E-state index in [1.165, 1.54) is 5.56 Å². The van der Waals surface area contributed by atoms with Crippen molar-refractivity contribution in [1.82, 2.24) is 10.3 Å². The van der Waals surface area contributed by atoms with E-state index in [0.29, 0.717) is 13.1 Å².